The average molecular weight is 348 g/mol. The summed E-state index contributed by atoms with van der Waals surface area (Å²) in [5.41, 5.74) is 1.11. The minimum absolute atomic E-state index is 0.00964. The quantitative estimate of drug-likeness (QED) is 0.763. The summed E-state index contributed by atoms with van der Waals surface area (Å²) >= 11 is 1.43. The van der Waals surface area contributed by atoms with Crippen LogP contribution in [0.2, 0.25) is 0 Å². The molecule has 2 N–H and O–H groups in total. The molecule has 1 atom stereocenters. The van der Waals surface area contributed by atoms with Gasteiger partial charge in [-0.25, -0.2) is 4.79 Å². The standard InChI is InChI=1S/C17H24N4O2S/c1-4-5-9-15-20-21-17(24-15)19-16(22)18-12(2)10-13-7-6-8-14(11-13)23-3/h6-8,11-12H,4-5,9-10H2,1-3H3,(H2,18,19,21,22). The molecule has 0 spiro atoms. The van der Waals surface area contributed by atoms with Crippen molar-refractivity contribution in [2.24, 2.45) is 0 Å². The Bertz CT molecular complexity index is 660. The van der Waals surface area contributed by atoms with Gasteiger partial charge in [0.15, 0.2) is 0 Å². The maximum Gasteiger partial charge on any atom is 0.321 e. The summed E-state index contributed by atoms with van der Waals surface area (Å²) < 4.78 is 5.21. The largest absolute Gasteiger partial charge is 0.497 e. The number of methoxy groups -OCH3 is 1. The van der Waals surface area contributed by atoms with E-state index in [4.69, 9.17) is 4.74 Å². The number of nitrogens with one attached hydrogen (secondary N) is 2. The third kappa shape index (κ3) is 5.81. The number of amides is 2. The lowest BCUT2D eigenvalue weighted by Gasteiger charge is -2.14. The molecule has 0 saturated heterocycles. The van der Waals surface area contributed by atoms with Crippen LogP contribution in [0.3, 0.4) is 0 Å². The molecule has 1 aromatic heterocycles. The minimum Gasteiger partial charge on any atom is -0.497 e. The van der Waals surface area contributed by atoms with Crippen LogP contribution in [-0.2, 0) is 12.8 Å². The lowest BCUT2D eigenvalue weighted by molar-refractivity contribution is 0.249. The van der Waals surface area contributed by atoms with Crippen LogP contribution in [0.4, 0.5) is 9.93 Å². The van der Waals surface area contributed by atoms with E-state index in [2.05, 4.69) is 27.8 Å². The number of hydrogen-bond donors (Lipinski definition) is 2. The van der Waals surface area contributed by atoms with Gasteiger partial charge in [-0.2, -0.15) is 0 Å². The van der Waals surface area contributed by atoms with E-state index in [0.29, 0.717) is 5.13 Å². The lowest BCUT2D eigenvalue weighted by Crippen LogP contribution is -2.37. The van der Waals surface area contributed by atoms with Gasteiger partial charge >= 0.3 is 6.03 Å². The van der Waals surface area contributed by atoms with Crippen LogP contribution in [0.25, 0.3) is 0 Å². The number of carbonyl (C=O) groups is 1. The molecule has 7 heteroatoms. The number of rotatable bonds is 8. The summed E-state index contributed by atoms with van der Waals surface area (Å²) in [6.45, 7) is 4.10. The van der Waals surface area contributed by atoms with Crippen LogP contribution < -0.4 is 15.4 Å². The number of aromatic nitrogens is 2. The van der Waals surface area contributed by atoms with Crippen LogP contribution in [0.5, 0.6) is 5.75 Å². The molecule has 1 aromatic carbocycles. The first kappa shape index (κ1) is 18.2. The van der Waals surface area contributed by atoms with Crippen LogP contribution in [0.15, 0.2) is 24.3 Å². The van der Waals surface area contributed by atoms with Crippen LogP contribution in [0, 0.1) is 0 Å². The van der Waals surface area contributed by atoms with Crippen molar-refractivity contribution in [3.63, 3.8) is 0 Å². The molecule has 130 valence electrons. The molecule has 2 aromatic rings. The van der Waals surface area contributed by atoms with E-state index < -0.39 is 0 Å². The SMILES string of the molecule is CCCCc1nnc(NC(=O)NC(C)Cc2cccc(OC)c2)s1. The second-order valence-corrected chi connectivity index (χ2v) is 6.72. The summed E-state index contributed by atoms with van der Waals surface area (Å²) in [5, 5.41) is 15.2. The van der Waals surface area contributed by atoms with Gasteiger partial charge in [-0.15, -0.1) is 10.2 Å². The normalized spacial score (nSPS) is 11.8. The van der Waals surface area contributed by atoms with Crippen molar-refractivity contribution in [1.82, 2.24) is 15.5 Å². The zero-order valence-corrected chi connectivity index (χ0v) is 15.2. The van der Waals surface area contributed by atoms with Gasteiger partial charge < -0.3 is 10.1 Å². The Labute approximate surface area is 146 Å². The third-order valence-electron chi connectivity index (χ3n) is 3.49. The van der Waals surface area contributed by atoms with Gasteiger partial charge in [0.25, 0.3) is 0 Å². The number of nitrogens with zero attached hydrogens (tertiary/aromatic N) is 2. The predicted molar refractivity (Wildman–Crippen MR) is 96.8 cm³/mol. The summed E-state index contributed by atoms with van der Waals surface area (Å²) in [6.07, 6.45) is 3.83. The number of ether oxygens (including phenoxy) is 1. The average Bonchev–Trinajstić information content (AvgIpc) is 3.00. The summed E-state index contributed by atoms with van der Waals surface area (Å²) in [5.74, 6) is 0.817. The fourth-order valence-corrected chi connectivity index (χ4v) is 3.07. The Morgan fingerprint density at radius 1 is 1.38 bits per heavy atom. The van der Waals surface area contributed by atoms with Gasteiger partial charge in [0.05, 0.1) is 7.11 Å². The van der Waals surface area contributed by atoms with Crippen LogP contribution in [0.1, 0.15) is 37.3 Å². The second kappa shape index (κ2) is 9.22. The molecule has 2 rings (SSSR count). The minimum atomic E-state index is -0.261. The van der Waals surface area contributed by atoms with E-state index in [1.165, 1.54) is 11.3 Å². The smallest absolute Gasteiger partial charge is 0.321 e. The number of aryl methyl sites for hydroxylation is 1. The molecule has 2 amide bonds. The highest BCUT2D eigenvalue weighted by Crippen LogP contribution is 2.17. The number of carbonyl (C=O) groups excluding carboxylic acids is 1. The zero-order chi connectivity index (χ0) is 17.4. The second-order valence-electron chi connectivity index (χ2n) is 5.66. The molecular formula is C17H24N4O2S. The zero-order valence-electron chi connectivity index (χ0n) is 14.3. The monoisotopic (exact) mass is 348 g/mol. The van der Waals surface area contributed by atoms with Crippen molar-refractivity contribution in [3.05, 3.63) is 34.8 Å². The first-order valence-electron chi connectivity index (χ1n) is 8.13. The summed E-state index contributed by atoms with van der Waals surface area (Å²) in [7, 11) is 1.64. The van der Waals surface area contributed by atoms with Crippen LogP contribution >= 0.6 is 11.3 Å². The highest BCUT2D eigenvalue weighted by Gasteiger charge is 2.11. The van der Waals surface area contributed by atoms with Crippen molar-refractivity contribution in [1.29, 1.82) is 0 Å². The highest BCUT2D eigenvalue weighted by atomic mass is 32.1. The van der Waals surface area contributed by atoms with E-state index in [1.807, 2.05) is 31.2 Å². The van der Waals surface area contributed by atoms with Crippen molar-refractivity contribution in [2.45, 2.75) is 45.6 Å². The van der Waals surface area contributed by atoms with E-state index in [1.54, 1.807) is 7.11 Å². The molecule has 0 bridgehead atoms. The first-order valence-corrected chi connectivity index (χ1v) is 8.95. The van der Waals surface area contributed by atoms with E-state index in [-0.39, 0.29) is 12.1 Å². The van der Waals surface area contributed by atoms with Gasteiger partial charge in [0.2, 0.25) is 5.13 Å². The van der Waals surface area contributed by atoms with Gasteiger partial charge in [-0.3, -0.25) is 5.32 Å². The summed E-state index contributed by atoms with van der Waals surface area (Å²) in [4.78, 5) is 12.1. The number of benzene rings is 1. The molecule has 0 saturated carbocycles. The fraction of sp³-hybridized carbons (Fsp3) is 0.471. The van der Waals surface area contributed by atoms with Gasteiger partial charge in [0, 0.05) is 12.5 Å². The Morgan fingerprint density at radius 2 is 2.21 bits per heavy atom. The fourth-order valence-electron chi connectivity index (χ4n) is 2.29. The van der Waals surface area contributed by atoms with Crippen molar-refractivity contribution < 1.29 is 9.53 Å². The maximum atomic E-state index is 12.1. The molecule has 24 heavy (non-hydrogen) atoms. The topological polar surface area (TPSA) is 76.1 Å². The molecule has 1 heterocycles. The number of urea groups is 1. The molecule has 0 radical (unpaired) electrons. The Morgan fingerprint density at radius 3 is 2.96 bits per heavy atom. The molecule has 0 aliphatic heterocycles. The molecular weight excluding hydrogens is 324 g/mol. The van der Waals surface area contributed by atoms with Crippen molar-refractivity contribution in [2.75, 3.05) is 12.4 Å². The van der Waals surface area contributed by atoms with Gasteiger partial charge in [0.1, 0.15) is 10.8 Å². The molecule has 6 nitrogen and oxygen atoms in total. The molecule has 0 aliphatic carbocycles. The van der Waals surface area contributed by atoms with E-state index in [0.717, 1.165) is 42.0 Å². The molecule has 0 fully saturated rings. The Balaban J connectivity index is 1.81. The Hall–Kier alpha value is -2.15. The van der Waals surface area contributed by atoms with Gasteiger partial charge in [-0.1, -0.05) is 36.8 Å². The number of hydrogen-bond acceptors (Lipinski definition) is 5. The maximum absolute atomic E-state index is 12.1. The summed E-state index contributed by atoms with van der Waals surface area (Å²) in [6, 6.07) is 7.57. The van der Waals surface area contributed by atoms with E-state index >= 15 is 0 Å². The Kier molecular flexibility index (Phi) is 6.99. The third-order valence-corrected chi connectivity index (χ3v) is 4.38. The number of anilines is 1. The lowest BCUT2D eigenvalue weighted by atomic mass is 10.1. The number of unbranched alkanes of at least 4 members (excludes halogenated alkanes) is 1. The van der Waals surface area contributed by atoms with Crippen LogP contribution in [-0.4, -0.2) is 29.4 Å². The molecule has 1 unspecified atom stereocenters. The van der Waals surface area contributed by atoms with Gasteiger partial charge in [-0.05, 0) is 37.5 Å². The van der Waals surface area contributed by atoms with E-state index in [9.17, 15) is 4.79 Å². The molecule has 0 aliphatic rings. The van der Waals surface area contributed by atoms with Crippen molar-refractivity contribution >= 4 is 22.5 Å². The first-order chi connectivity index (χ1) is 11.6. The highest BCUT2D eigenvalue weighted by molar-refractivity contribution is 7.15. The predicted octanol–water partition coefficient (Wildman–Crippen LogP) is 3.64. The van der Waals surface area contributed by atoms with Crippen molar-refractivity contribution in [3.8, 4) is 5.75 Å².